The van der Waals surface area contributed by atoms with Crippen molar-refractivity contribution in [2.45, 2.75) is 20.8 Å². The van der Waals surface area contributed by atoms with Crippen LogP contribution in [0.1, 0.15) is 27.4 Å². The fourth-order valence-electron chi connectivity index (χ4n) is 2.04. The standard InChI is InChI=1S/C16H15N3O2S/c1-9-4-5-12(6-10(9)2)13-7-22-16(18-13)19-15(20)14-11(3)17-8-21-14/h4-8H,1-3H3,(H,18,19,20). The van der Waals surface area contributed by atoms with E-state index in [0.717, 1.165) is 11.3 Å². The smallest absolute Gasteiger partial charge is 0.295 e. The van der Waals surface area contributed by atoms with Gasteiger partial charge < -0.3 is 4.42 Å². The number of thiazole rings is 1. The number of carbonyl (C=O) groups is 1. The Morgan fingerprint density at radius 1 is 1.23 bits per heavy atom. The molecule has 1 aromatic carbocycles. The van der Waals surface area contributed by atoms with Crippen LogP contribution in [-0.2, 0) is 0 Å². The van der Waals surface area contributed by atoms with E-state index in [-0.39, 0.29) is 11.7 Å². The topological polar surface area (TPSA) is 68.0 Å². The van der Waals surface area contributed by atoms with Gasteiger partial charge in [-0.2, -0.15) is 0 Å². The lowest BCUT2D eigenvalue weighted by Gasteiger charge is -2.02. The van der Waals surface area contributed by atoms with Crippen molar-refractivity contribution in [3.63, 3.8) is 0 Å². The molecule has 0 atom stereocenters. The van der Waals surface area contributed by atoms with Gasteiger partial charge in [-0.05, 0) is 38.0 Å². The molecule has 0 radical (unpaired) electrons. The van der Waals surface area contributed by atoms with Crippen molar-refractivity contribution in [2.75, 3.05) is 5.32 Å². The number of rotatable bonds is 3. The Labute approximate surface area is 132 Å². The number of amides is 1. The summed E-state index contributed by atoms with van der Waals surface area (Å²) in [6, 6.07) is 6.19. The van der Waals surface area contributed by atoms with Crippen molar-refractivity contribution >= 4 is 22.4 Å². The molecule has 0 aliphatic carbocycles. The second-order valence-electron chi connectivity index (χ2n) is 5.06. The number of hydrogen-bond acceptors (Lipinski definition) is 5. The highest BCUT2D eigenvalue weighted by Crippen LogP contribution is 2.26. The van der Waals surface area contributed by atoms with Gasteiger partial charge in [-0.3, -0.25) is 10.1 Å². The minimum Gasteiger partial charge on any atom is -0.438 e. The molecular formula is C16H15N3O2S. The van der Waals surface area contributed by atoms with Crippen LogP contribution < -0.4 is 5.32 Å². The molecule has 1 N–H and O–H groups in total. The molecule has 22 heavy (non-hydrogen) atoms. The van der Waals surface area contributed by atoms with Gasteiger partial charge in [0.1, 0.15) is 0 Å². The van der Waals surface area contributed by atoms with Gasteiger partial charge >= 0.3 is 0 Å². The zero-order valence-corrected chi connectivity index (χ0v) is 13.3. The quantitative estimate of drug-likeness (QED) is 0.794. The molecule has 0 fully saturated rings. The summed E-state index contributed by atoms with van der Waals surface area (Å²) in [6.45, 7) is 5.87. The number of oxazole rings is 1. The first kappa shape index (κ1) is 14.5. The Hall–Kier alpha value is -2.47. The predicted molar refractivity (Wildman–Crippen MR) is 86.2 cm³/mol. The van der Waals surface area contributed by atoms with E-state index < -0.39 is 0 Å². The fraction of sp³-hybridized carbons (Fsp3) is 0.188. The SMILES string of the molecule is Cc1ccc(-c2csc(NC(=O)c3ocnc3C)n2)cc1C. The van der Waals surface area contributed by atoms with E-state index in [9.17, 15) is 4.79 Å². The summed E-state index contributed by atoms with van der Waals surface area (Å²) >= 11 is 1.38. The van der Waals surface area contributed by atoms with Crippen molar-refractivity contribution in [3.05, 3.63) is 52.6 Å². The van der Waals surface area contributed by atoms with Crippen LogP contribution in [0.15, 0.2) is 34.4 Å². The summed E-state index contributed by atoms with van der Waals surface area (Å²) in [5, 5.41) is 5.20. The second-order valence-corrected chi connectivity index (χ2v) is 5.92. The molecule has 0 aliphatic rings. The van der Waals surface area contributed by atoms with Crippen LogP contribution in [0.4, 0.5) is 5.13 Å². The van der Waals surface area contributed by atoms with E-state index in [1.165, 1.54) is 28.9 Å². The monoisotopic (exact) mass is 313 g/mol. The predicted octanol–water partition coefficient (Wildman–Crippen LogP) is 3.98. The maximum absolute atomic E-state index is 12.1. The maximum Gasteiger partial charge on any atom is 0.295 e. The normalized spacial score (nSPS) is 10.7. The number of carbonyl (C=O) groups excluding carboxylic acids is 1. The number of nitrogens with zero attached hydrogens (tertiary/aromatic N) is 2. The Bertz CT molecular complexity index is 836. The highest BCUT2D eigenvalue weighted by atomic mass is 32.1. The van der Waals surface area contributed by atoms with Crippen LogP contribution in [0.3, 0.4) is 0 Å². The molecule has 112 valence electrons. The van der Waals surface area contributed by atoms with Gasteiger partial charge in [-0.25, -0.2) is 9.97 Å². The second kappa shape index (κ2) is 5.73. The van der Waals surface area contributed by atoms with Gasteiger partial charge in [0.25, 0.3) is 5.91 Å². The molecule has 3 rings (SSSR count). The zero-order valence-electron chi connectivity index (χ0n) is 12.5. The van der Waals surface area contributed by atoms with E-state index >= 15 is 0 Å². The van der Waals surface area contributed by atoms with E-state index in [2.05, 4.69) is 41.3 Å². The highest BCUT2D eigenvalue weighted by molar-refractivity contribution is 7.14. The molecule has 0 bridgehead atoms. The third-order valence-corrected chi connectivity index (χ3v) is 4.24. The lowest BCUT2D eigenvalue weighted by atomic mass is 10.1. The molecule has 3 aromatic rings. The lowest BCUT2D eigenvalue weighted by molar-refractivity contribution is 0.0996. The average Bonchev–Trinajstić information content (AvgIpc) is 3.11. The van der Waals surface area contributed by atoms with Crippen LogP contribution in [0.5, 0.6) is 0 Å². The van der Waals surface area contributed by atoms with Crippen LogP contribution in [0, 0.1) is 20.8 Å². The Kier molecular flexibility index (Phi) is 3.77. The van der Waals surface area contributed by atoms with Gasteiger partial charge in [0.05, 0.1) is 11.4 Å². The summed E-state index contributed by atoms with van der Waals surface area (Å²) in [4.78, 5) is 20.4. The van der Waals surface area contributed by atoms with Crippen molar-refractivity contribution in [3.8, 4) is 11.3 Å². The number of aromatic nitrogens is 2. The molecule has 0 saturated carbocycles. The zero-order chi connectivity index (χ0) is 15.7. The van der Waals surface area contributed by atoms with Gasteiger partial charge in [0, 0.05) is 10.9 Å². The van der Waals surface area contributed by atoms with Crippen LogP contribution in [-0.4, -0.2) is 15.9 Å². The Balaban J connectivity index is 1.80. The summed E-state index contributed by atoms with van der Waals surface area (Å²) < 4.78 is 5.07. The summed E-state index contributed by atoms with van der Waals surface area (Å²) in [5.74, 6) is -0.126. The third kappa shape index (κ3) is 2.78. The molecule has 2 aromatic heterocycles. The number of anilines is 1. The van der Waals surface area contributed by atoms with E-state index in [4.69, 9.17) is 4.42 Å². The highest BCUT2D eigenvalue weighted by Gasteiger charge is 2.16. The summed E-state index contributed by atoms with van der Waals surface area (Å²) in [6.07, 6.45) is 1.26. The van der Waals surface area contributed by atoms with Crippen LogP contribution in [0.25, 0.3) is 11.3 Å². The van der Waals surface area contributed by atoms with Gasteiger partial charge in [0.15, 0.2) is 11.5 Å². The number of aryl methyl sites for hydroxylation is 3. The van der Waals surface area contributed by atoms with Gasteiger partial charge in [-0.15, -0.1) is 11.3 Å². The Morgan fingerprint density at radius 3 is 2.73 bits per heavy atom. The van der Waals surface area contributed by atoms with Crippen LogP contribution >= 0.6 is 11.3 Å². The first-order chi connectivity index (χ1) is 10.5. The largest absolute Gasteiger partial charge is 0.438 e. The van der Waals surface area contributed by atoms with E-state index in [1.807, 2.05) is 11.4 Å². The van der Waals surface area contributed by atoms with Crippen molar-refractivity contribution < 1.29 is 9.21 Å². The first-order valence-corrected chi connectivity index (χ1v) is 7.67. The minimum absolute atomic E-state index is 0.211. The lowest BCUT2D eigenvalue weighted by Crippen LogP contribution is -2.12. The number of nitrogens with one attached hydrogen (secondary N) is 1. The van der Waals surface area contributed by atoms with Crippen molar-refractivity contribution in [1.29, 1.82) is 0 Å². The molecule has 1 amide bonds. The fourth-order valence-corrected chi connectivity index (χ4v) is 2.75. The van der Waals surface area contributed by atoms with Crippen molar-refractivity contribution in [1.82, 2.24) is 9.97 Å². The molecule has 0 saturated heterocycles. The summed E-state index contributed by atoms with van der Waals surface area (Å²) in [7, 11) is 0. The van der Waals surface area contributed by atoms with Crippen LogP contribution in [0.2, 0.25) is 0 Å². The average molecular weight is 313 g/mol. The number of hydrogen-bond donors (Lipinski definition) is 1. The minimum atomic E-state index is -0.337. The molecule has 5 nitrogen and oxygen atoms in total. The Morgan fingerprint density at radius 2 is 2.05 bits per heavy atom. The van der Waals surface area contributed by atoms with Gasteiger partial charge in [0.2, 0.25) is 5.76 Å². The number of benzene rings is 1. The van der Waals surface area contributed by atoms with Gasteiger partial charge in [-0.1, -0.05) is 12.1 Å². The van der Waals surface area contributed by atoms with E-state index in [0.29, 0.717) is 10.8 Å². The molecule has 0 aliphatic heterocycles. The maximum atomic E-state index is 12.1. The van der Waals surface area contributed by atoms with Crippen molar-refractivity contribution in [2.24, 2.45) is 0 Å². The summed E-state index contributed by atoms with van der Waals surface area (Å²) in [5.41, 5.74) is 4.90. The molecule has 6 heteroatoms. The molecule has 2 heterocycles. The third-order valence-electron chi connectivity index (χ3n) is 3.48. The molecule has 0 unspecified atom stereocenters. The van der Waals surface area contributed by atoms with E-state index in [1.54, 1.807) is 6.92 Å². The molecular weight excluding hydrogens is 298 g/mol. The first-order valence-electron chi connectivity index (χ1n) is 6.79. The molecule has 0 spiro atoms.